The van der Waals surface area contributed by atoms with Gasteiger partial charge in [0.15, 0.2) is 0 Å². The van der Waals surface area contributed by atoms with Gasteiger partial charge in [-0.25, -0.2) is 4.98 Å². The van der Waals surface area contributed by atoms with Crippen LogP contribution in [0.25, 0.3) is 0 Å². The summed E-state index contributed by atoms with van der Waals surface area (Å²) in [4.78, 5) is 4.26. The lowest BCUT2D eigenvalue weighted by Crippen LogP contribution is -2.04. The molecule has 0 fully saturated rings. The summed E-state index contributed by atoms with van der Waals surface area (Å²) < 4.78 is 2.94. The molecule has 96 valence electrons. The number of aliphatic hydroxyl groups is 1. The first-order valence-electron chi connectivity index (χ1n) is 5.98. The zero-order valence-electron chi connectivity index (χ0n) is 10.6. The highest BCUT2D eigenvalue weighted by Gasteiger charge is 2.12. The second kappa shape index (κ2) is 5.67. The molecule has 18 heavy (non-hydrogen) atoms. The summed E-state index contributed by atoms with van der Waals surface area (Å²) in [7, 11) is 1.97. The van der Waals surface area contributed by atoms with Crippen molar-refractivity contribution in [2.45, 2.75) is 25.9 Å². The lowest BCUT2D eigenvalue weighted by Gasteiger charge is -2.13. The van der Waals surface area contributed by atoms with Crippen LogP contribution in [0.15, 0.2) is 35.1 Å². The molecule has 0 bridgehead atoms. The zero-order valence-corrected chi connectivity index (χ0v) is 12.2. The monoisotopic (exact) mass is 308 g/mol. The van der Waals surface area contributed by atoms with Gasteiger partial charge in [-0.1, -0.05) is 33.6 Å². The first-order valence-corrected chi connectivity index (χ1v) is 6.77. The van der Waals surface area contributed by atoms with E-state index in [2.05, 4.69) is 20.9 Å². The van der Waals surface area contributed by atoms with Crippen LogP contribution in [0, 0.1) is 6.92 Å². The molecule has 2 aromatic rings. The van der Waals surface area contributed by atoms with Gasteiger partial charge in [-0.2, -0.15) is 0 Å². The third-order valence-electron chi connectivity index (χ3n) is 3.07. The maximum atomic E-state index is 10.2. The summed E-state index contributed by atoms with van der Waals surface area (Å²) in [5, 5.41) is 10.2. The molecule has 1 aromatic carbocycles. The molecule has 2 rings (SSSR count). The quantitative estimate of drug-likeness (QED) is 0.942. The smallest absolute Gasteiger partial charge is 0.108 e. The molecule has 1 heterocycles. The highest BCUT2D eigenvalue weighted by Crippen LogP contribution is 2.27. The molecule has 0 aliphatic heterocycles. The van der Waals surface area contributed by atoms with E-state index in [9.17, 15) is 5.11 Å². The van der Waals surface area contributed by atoms with E-state index in [1.807, 2.05) is 42.9 Å². The molecule has 0 aliphatic rings. The topological polar surface area (TPSA) is 38.1 Å². The summed E-state index contributed by atoms with van der Waals surface area (Å²) in [6.45, 7) is 2.03. The van der Waals surface area contributed by atoms with Crippen LogP contribution in [-0.2, 0) is 13.5 Å². The molecule has 0 spiro atoms. The maximum absolute atomic E-state index is 10.2. The Morgan fingerprint density at radius 3 is 2.89 bits per heavy atom. The summed E-state index contributed by atoms with van der Waals surface area (Å²) >= 11 is 3.48. The summed E-state index contributed by atoms with van der Waals surface area (Å²) in [5.74, 6) is 0.998. The predicted molar refractivity (Wildman–Crippen MR) is 75.4 cm³/mol. The number of hydrogen-bond acceptors (Lipinski definition) is 2. The van der Waals surface area contributed by atoms with Gasteiger partial charge < -0.3 is 9.67 Å². The lowest BCUT2D eigenvalue weighted by atomic mass is 10.0. The third kappa shape index (κ3) is 3.00. The Morgan fingerprint density at radius 2 is 2.22 bits per heavy atom. The fourth-order valence-electron chi connectivity index (χ4n) is 1.98. The highest BCUT2D eigenvalue weighted by atomic mass is 79.9. The van der Waals surface area contributed by atoms with Gasteiger partial charge in [0.1, 0.15) is 5.82 Å². The van der Waals surface area contributed by atoms with E-state index in [0.717, 1.165) is 27.8 Å². The minimum atomic E-state index is -0.462. The van der Waals surface area contributed by atoms with E-state index in [1.54, 1.807) is 6.20 Å². The van der Waals surface area contributed by atoms with Crippen LogP contribution in [0.2, 0.25) is 0 Å². The fraction of sp³-hybridized carbons (Fsp3) is 0.357. The Morgan fingerprint density at radius 1 is 1.44 bits per heavy atom. The van der Waals surface area contributed by atoms with Crippen molar-refractivity contribution in [1.82, 2.24) is 9.55 Å². The average molecular weight is 309 g/mol. The van der Waals surface area contributed by atoms with Gasteiger partial charge >= 0.3 is 0 Å². The number of imidazole rings is 1. The third-order valence-corrected chi connectivity index (χ3v) is 3.80. The summed E-state index contributed by atoms with van der Waals surface area (Å²) in [6.07, 6.45) is 4.68. The number of rotatable bonds is 4. The van der Waals surface area contributed by atoms with Crippen LogP contribution in [-0.4, -0.2) is 14.7 Å². The van der Waals surface area contributed by atoms with Crippen molar-refractivity contribution in [2.75, 3.05) is 0 Å². The standard InChI is InChI=1S/C14H17BrN2O/c1-10-3-4-12(15)11(9-10)13(18)5-6-14-16-7-8-17(14)2/h3-4,7-9,13,18H,5-6H2,1-2H3. The molecule has 1 atom stereocenters. The normalized spacial score (nSPS) is 12.7. The van der Waals surface area contributed by atoms with Gasteiger partial charge in [0.2, 0.25) is 0 Å². The number of aryl methyl sites for hydroxylation is 3. The van der Waals surface area contributed by atoms with Gasteiger partial charge in [0.25, 0.3) is 0 Å². The predicted octanol–water partition coefficient (Wildman–Crippen LogP) is 3.16. The molecule has 0 aliphatic carbocycles. The number of nitrogens with zero attached hydrogens (tertiary/aromatic N) is 2. The van der Waals surface area contributed by atoms with Crippen molar-refractivity contribution in [3.05, 3.63) is 52.0 Å². The minimum absolute atomic E-state index is 0.462. The van der Waals surface area contributed by atoms with E-state index in [-0.39, 0.29) is 0 Å². The fourth-order valence-corrected chi connectivity index (χ4v) is 2.49. The van der Waals surface area contributed by atoms with E-state index >= 15 is 0 Å². The Balaban J connectivity index is 2.06. The number of hydrogen-bond donors (Lipinski definition) is 1. The molecule has 1 N–H and O–H groups in total. The Kier molecular flexibility index (Phi) is 4.19. The second-order valence-electron chi connectivity index (χ2n) is 4.53. The van der Waals surface area contributed by atoms with Crippen LogP contribution in [0.3, 0.4) is 0 Å². The average Bonchev–Trinajstić information content (AvgIpc) is 2.75. The van der Waals surface area contributed by atoms with Gasteiger partial charge in [0.05, 0.1) is 6.10 Å². The molecule has 4 heteroatoms. The molecule has 0 radical (unpaired) electrons. The highest BCUT2D eigenvalue weighted by molar-refractivity contribution is 9.10. The second-order valence-corrected chi connectivity index (χ2v) is 5.39. The summed E-state index contributed by atoms with van der Waals surface area (Å²) in [6, 6.07) is 6.03. The van der Waals surface area contributed by atoms with Gasteiger partial charge in [-0.15, -0.1) is 0 Å². The summed E-state index contributed by atoms with van der Waals surface area (Å²) in [5.41, 5.74) is 2.11. The van der Waals surface area contributed by atoms with Gasteiger partial charge in [-0.3, -0.25) is 0 Å². The molecule has 1 unspecified atom stereocenters. The van der Waals surface area contributed by atoms with Crippen LogP contribution in [0.4, 0.5) is 0 Å². The number of aromatic nitrogens is 2. The van der Waals surface area contributed by atoms with Crippen molar-refractivity contribution >= 4 is 15.9 Å². The molecule has 0 amide bonds. The van der Waals surface area contributed by atoms with Crippen molar-refractivity contribution < 1.29 is 5.11 Å². The Labute approximate surface area is 116 Å². The van der Waals surface area contributed by atoms with Crippen molar-refractivity contribution in [1.29, 1.82) is 0 Å². The van der Waals surface area contributed by atoms with Crippen molar-refractivity contribution in [3.8, 4) is 0 Å². The molecule has 0 saturated heterocycles. The van der Waals surface area contributed by atoms with E-state index in [1.165, 1.54) is 0 Å². The molecular formula is C14H17BrN2O. The Hall–Kier alpha value is -1.13. The van der Waals surface area contributed by atoms with E-state index < -0.39 is 6.10 Å². The van der Waals surface area contributed by atoms with E-state index in [0.29, 0.717) is 6.42 Å². The van der Waals surface area contributed by atoms with Gasteiger partial charge in [0, 0.05) is 30.3 Å². The molecular weight excluding hydrogens is 292 g/mol. The first kappa shape index (κ1) is 13.3. The zero-order chi connectivity index (χ0) is 13.1. The number of benzene rings is 1. The van der Waals surface area contributed by atoms with Crippen molar-refractivity contribution in [2.24, 2.45) is 7.05 Å². The van der Waals surface area contributed by atoms with Crippen LogP contribution < -0.4 is 0 Å². The lowest BCUT2D eigenvalue weighted by molar-refractivity contribution is 0.166. The maximum Gasteiger partial charge on any atom is 0.108 e. The van der Waals surface area contributed by atoms with Gasteiger partial charge in [-0.05, 0) is 25.0 Å². The van der Waals surface area contributed by atoms with Crippen molar-refractivity contribution in [3.63, 3.8) is 0 Å². The van der Waals surface area contributed by atoms with Crippen LogP contribution in [0.5, 0.6) is 0 Å². The largest absolute Gasteiger partial charge is 0.388 e. The minimum Gasteiger partial charge on any atom is -0.388 e. The number of halogens is 1. The van der Waals surface area contributed by atoms with Crippen LogP contribution >= 0.6 is 15.9 Å². The first-order chi connectivity index (χ1) is 8.58. The SMILES string of the molecule is Cc1ccc(Br)c(C(O)CCc2nccn2C)c1. The van der Waals surface area contributed by atoms with E-state index in [4.69, 9.17) is 0 Å². The molecule has 0 saturated carbocycles. The molecule has 3 nitrogen and oxygen atoms in total. The van der Waals surface area contributed by atoms with Crippen LogP contribution in [0.1, 0.15) is 29.5 Å². The molecule has 1 aromatic heterocycles. The number of aliphatic hydroxyl groups excluding tert-OH is 1. The Bertz CT molecular complexity index is 536.